The number of rotatable bonds is 0. The van der Waals surface area contributed by atoms with Gasteiger partial charge in [-0.05, 0) is 30.6 Å². The van der Waals surface area contributed by atoms with E-state index in [1.807, 2.05) is 25.2 Å². The van der Waals surface area contributed by atoms with Crippen LogP contribution in [0.15, 0.2) is 40.7 Å². The first-order chi connectivity index (χ1) is 5.77. The van der Waals surface area contributed by atoms with Gasteiger partial charge in [0.05, 0.1) is 0 Å². The molecule has 0 radical (unpaired) electrons. The van der Waals surface area contributed by atoms with Crippen molar-refractivity contribution in [1.29, 1.82) is 0 Å². The third-order valence-electron chi connectivity index (χ3n) is 2.24. The molecule has 0 N–H and O–H groups in total. The average molecular weight is 158 g/mol. The highest BCUT2D eigenvalue weighted by molar-refractivity contribution is 6.02. The van der Waals surface area contributed by atoms with Crippen molar-refractivity contribution in [3.63, 3.8) is 0 Å². The van der Waals surface area contributed by atoms with Crippen LogP contribution in [0, 0.1) is 0 Å². The monoisotopic (exact) mass is 158 g/mol. The average Bonchev–Trinajstić information content (AvgIpc) is 2.28. The second kappa shape index (κ2) is 2.62. The molecule has 0 aromatic carbocycles. The zero-order valence-corrected chi connectivity index (χ0v) is 7.05. The van der Waals surface area contributed by atoms with E-state index in [-0.39, 0.29) is 5.78 Å². The van der Waals surface area contributed by atoms with Crippen molar-refractivity contribution in [2.45, 2.75) is 19.8 Å². The lowest BCUT2D eigenvalue weighted by molar-refractivity contribution is -0.114. The van der Waals surface area contributed by atoms with Crippen LogP contribution in [-0.2, 0) is 4.79 Å². The summed E-state index contributed by atoms with van der Waals surface area (Å²) < 4.78 is 0. The third kappa shape index (κ3) is 1.09. The van der Waals surface area contributed by atoms with Gasteiger partial charge in [-0.1, -0.05) is 12.2 Å². The van der Waals surface area contributed by atoms with E-state index in [1.165, 1.54) is 0 Å². The fourth-order valence-corrected chi connectivity index (χ4v) is 1.50. The Bertz CT molecular complexity index is 360. The zero-order chi connectivity index (χ0) is 8.55. The Balaban J connectivity index is 2.50. The summed E-state index contributed by atoms with van der Waals surface area (Å²) in [6.45, 7) is 1.99. The summed E-state index contributed by atoms with van der Waals surface area (Å²) in [5.41, 5.74) is 6.25. The Morgan fingerprint density at radius 1 is 1.33 bits per heavy atom. The molecule has 0 spiro atoms. The van der Waals surface area contributed by atoms with Crippen LogP contribution in [0.1, 0.15) is 19.8 Å². The molecule has 0 unspecified atom stereocenters. The topological polar surface area (TPSA) is 17.1 Å². The van der Waals surface area contributed by atoms with Crippen LogP contribution in [0.3, 0.4) is 0 Å². The van der Waals surface area contributed by atoms with Crippen molar-refractivity contribution < 1.29 is 4.79 Å². The summed E-state index contributed by atoms with van der Waals surface area (Å²) in [6.07, 6.45) is 7.36. The molecule has 2 rings (SSSR count). The molecule has 0 atom stereocenters. The van der Waals surface area contributed by atoms with Gasteiger partial charge in [0.15, 0.2) is 5.78 Å². The van der Waals surface area contributed by atoms with E-state index in [0.717, 1.165) is 23.1 Å². The maximum absolute atomic E-state index is 11.3. The molecule has 0 aromatic heterocycles. The molecule has 2 aliphatic rings. The molecule has 0 fully saturated rings. The van der Waals surface area contributed by atoms with E-state index >= 15 is 0 Å². The number of hydrogen-bond acceptors (Lipinski definition) is 1. The van der Waals surface area contributed by atoms with Gasteiger partial charge in [0.1, 0.15) is 0 Å². The molecule has 60 valence electrons. The van der Waals surface area contributed by atoms with Gasteiger partial charge in [-0.15, -0.1) is 5.73 Å². The first-order valence-corrected chi connectivity index (χ1v) is 4.15. The van der Waals surface area contributed by atoms with Gasteiger partial charge in [-0.2, -0.15) is 0 Å². The molecule has 0 saturated carbocycles. The van der Waals surface area contributed by atoms with Gasteiger partial charge in [-0.25, -0.2) is 0 Å². The van der Waals surface area contributed by atoms with Gasteiger partial charge in [0.2, 0.25) is 0 Å². The van der Waals surface area contributed by atoms with Crippen LogP contribution in [0.5, 0.6) is 0 Å². The van der Waals surface area contributed by atoms with Crippen LogP contribution >= 0.6 is 0 Å². The summed E-state index contributed by atoms with van der Waals surface area (Å²) in [4.78, 5) is 11.3. The standard InChI is InChI=1S/C11H10O/c1-8-2-4-9-5-7-11(12)10(9)6-3-8/h3-4,6H,5,7H2,1H3. The van der Waals surface area contributed by atoms with Crippen LogP contribution in [0.2, 0.25) is 0 Å². The fraction of sp³-hybridized carbons (Fsp3) is 0.273. The van der Waals surface area contributed by atoms with Crippen LogP contribution < -0.4 is 0 Å². The smallest absolute Gasteiger partial charge is 0.163 e. The SMILES string of the molecule is CC1=C=CC2=C(C=C1)C(=O)CC2. The Labute approximate surface area is 71.8 Å². The summed E-state index contributed by atoms with van der Waals surface area (Å²) in [5.74, 6) is 0.272. The Kier molecular flexibility index (Phi) is 1.60. The summed E-state index contributed by atoms with van der Waals surface area (Å²) in [6, 6.07) is 0. The molecule has 0 amide bonds. The Hall–Kier alpha value is -1.33. The zero-order valence-electron chi connectivity index (χ0n) is 7.05. The molecule has 0 aliphatic heterocycles. The lowest BCUT2D eigenvalue weighted by atomic mass is 10.1. The number of carbonyl (C=O) groups excluding carboxylic acids is 1. The minimum absolute atomic E-state index is 0.272. The van der Waals surface area contributed by atoms with Crippen molar-refractivity contribution in [1.82, 2.24) is 0 Å². The number of carbonyl (C=O) groups is 1. The molecule has 0 bridgehead atoms. The highest BCUT2D eigenvalue weighted by Gasteiger charge is 2.19. The van der Waals surface area contributed by atoms with Crippen molar-refractivity contribution in [3.05, 3.63) is 40.7 Å². The lowest BCUT2D eigenvalue weighted by Crippen LogP contribution is -1.91. The van der Waals surface area contributed by atoms with Crippen molar-refractivity contribution >= 4 is 5.78 Å². The molecule has 0 aromatic rings. The minimum Gasteiger partial charge on any atom is -0.294 e. The summed E-state index contributed by atoms with van der Waals surface area (Å²) in [7, 11) is 0. The van der Waals surface area contributed by atoms with Crippen LogP contribution in [0.25, 0.3) is 0 Å². The maximum Gasteiger partial charge on any atom is 0.163 e. The largest absolute Gasteiger partial charge is 0.294 e. The Morgan fingerprint density at radius 3 is 3.00 bits per heavy atom. The normalized spacial score (nSPS) is 21.1. The fourth-order valence-electron chi connectivity index (χ4n) is 1.50. The van der Waals surface area contributed by atoms with E-state index in [0.29, 0.717) is 6.42 Å². The molecule has 1 heteroatoms. The van der Waals surface area contributed by atoms with Gasteiger partial charge < -0.3 is 0 Å². The van der Waals surface area contributed by atoms with E-state index in [9.17, 15) is 4.79 Å². The molecular formula is C11H10O. The minimum atomic E-state index is 0.272. The Morgan fingerprint density at radius 2 is 2.17 bits per heavy atom. The second-order valence-corrected chi connectivity index (χ2v) is 3.17. The number of hydrogen-bond donors (Lipinski definition) is 0. The van der Waals surface area contributed by atoms with Crippen LogP contribution in [-0.4, -0.2) is 5.78 Å². The van der Waals surface area contributed by atoms with E-state index in [1.54, 1.807) is 0 Å². The predicted octanol–water partition coefficient (Wildman–Crippen LogP) is 2.32. The van der Waals surface area contributed by atoms with E-state index in [4.69, 9.17) is 0 Å². The molecule has 2 aliphatic carbocycles. The first kappa shape index (κ1) is 7.33. The van der Waals surface area contributed by atoms with Crippen molar-refractivity contribution in [2.24, 2.45) is 0 Å². The molecular weight excluding hydrogens is 148 g/mol. The quantitative estimate of drug-likeness (QED) is 0.494. The summed E-state index contributed by atoms with van der Waals surface area (Å²) in [5, 5.41) is 0. The van der Waals surface area contributed by atoms with Crippen molar-refractivity contribution in [3.8, 4) is 0 Å². The molecule has 1 nitrogen and oxygen atoms in total. The van der Waals surface area contributed by atoms with Crippen molar-refractivity contribution in [2.75, 3.05) is 0 Å². The van der Waals surface area contributed by atoms with Gasteiger partial charge in [0.25, 0.3) is 0 Å². The van der Waals surface area contributed by atoms with E-state index < -0.39 is 0 Å². The second-order valence-electron chi connectivity index (χ2n) is 3.17. The maximum atomic E-state index is 11.3. The summed E-state index contributed by atoms with van der Waals surface area (Å²) >= 11 is 0. The number of ketones is 1. The lowest BCUT2D eigenvalue weighted by Gasteiger charge is -1.90. The van der Waals surface area contributed by atoms with E-state index in [2.05, 4.69) is 5.73 Å². The van der Waals surface area contributed by atoms with Crippen LogP contribution in [0.4, 0.5) is 0 Å². The van der Waals surface area contributed by atoms with Gasteiger partial charge in [0, 0.05) is 12.0 Å². The third-order valence-corrected chi connectivity index (χ3v) is 2.24. The number of Topliss-reactive ketones (excluding diaryl/α,β-unsaturated/α-hetero) is 1. The highest BCUT2D eigenvalue weighted by atomic mass is 16.1. The highest BCUT2D eigenvalue weighted by Crippen LogP contribution is 2.26. The number of allylic oxidation sites excluding steroid dienone is 5. The molecule has 0 saturated heterocycles. The molecule has 0 heterocycles. The van der Waals surface area contributed by atoms with Gasteiger partial charge in [-0.3, -0.25) is 4.79 Å². The first-order valence-electron chi connectivity index (χ1n) is 4.15. The predicted molar refractivity (Wildman–Crippen MR) is 47.7 cm³/mol. The molecule has 12 heavy (non-hydrogen) atoms. The van der Waals surface area contributed by atoms with Gasteiger partial charge >= 0.3 is 0 Å².